The number of nitrogens with zero attached hydrogens (tertiary/aromatic N) is 2. The lowest BCUT2D eigenvalue weighted by Gasteiger charge is -2.23. The number of thiophene rings is 2. The summed E-state index contributed by atoms with van der Waals surface area (Å²) < 4.78 is 5.75. The van der Waals surface area contributed by atoms with Gasteiger partial charge in [-0.15, -0.1) is 22.7 Å². The van der Waals surface area contributed by atoms with Crippen LogP contribution in [0.15, 0.2) is 58.2 Å². The first-order valence-corrected chi connectivity index (χ1v) is 9.50. The predicted molar refractivity (Wildman–Crippen MR) is 102 cm³/mol. The summed E-state index contributed by atoms with van der Waals surface area (Å²) in [4.78, 5) is 41.4. The number of non-ortho nitro benzene ring substituents is 1. The largest absolute Gasteiger partial charge is 0.473 e. The van der Waals surface area contributed by atoms with Gasteiger partial charge in [-0.1, -0.05) is 12.1 Å². The van der Waals surface area contributed by atoms with Crippen molar-refractivity contribution in [2.24, 2.45) is 4.99 Å². The van der Waals surface area contributed by atoms with Crippen molar-refractivity contribution < 1.29 is 19.2 Å². The number of ketones is 2. The lowest BCUT2D eigenvalue weighted by atomic mass is 10.0. The number of rotatable bonds is 5. The summed E-state index contributed by atoms with van der Waals surface area (Å²) in [6, 6.07) is 10.6. The Balaban J connectivity index is 1.81. The Morgan fingerprint density at radius 1 is 1.07 bits per heavy atom. The van der Waals surface area contributed by atoms with Crippen molar-refractivity contribution in [2.45, 2.75) is 6.10 Å². The van der Waals surface area contributed by atoms with Gasteiger partial charge in [-0.3, -0.25) is 19.7 Å². The zero-order valence-corrected chi connectivity index (χ0v) is 15.2. The molecule has 1 aliphatic rings. The Hall–Kier alpha value is -3.17. The third-order valence-corrected chi connectivity index (χ3v) is 5.62. The fraction of sp³-hybridized carbons (Fsp3) is 0.0556. The first-order valence-electron chi connectivity index (χ1n) is 7.74. The molecule has 3 heterocycles. The smallest absolute Gasteiger partial charge is 0.273 e. The molecule has 0 radical (unpaired) electrons. The molecule has 0 amide bonds. The Bertz CT molecular complexity index is 1070. The lowest BCUT2D eigenvalue weighted by molar-refractivity contribution is -0.384. The van der Waals surface area contributed by atoms with Gasteiger partial charge < -0.3 is 4.74 Å². The standard InChI is InChI=1S/C18H10N2O5S2/c21-16(13-3-1-7-26-13)15-18(17(22)14-4-2-8-27-14)25-12-9-10(20(23)24)5-6-11(12)19-15/h1-9,18H. The van der Waals surface area contributed by atoms with Crippen LogP contribution in [0.5, 0.6) is 5.75 Å². The number of carbonyl (C=O) groups excluding carboxylic acids is 2. The van der Waals surface area contributed by atoms with E-state index in [4.69, 9.17) is 4.74 Å². The summed E-state index contributed by atoms with van der Waals surface area (Å²) >= 11 is 2.46. The van der Waals surface area contributed by atoms with Gasteiger partial charge in [-0.2, -0.15) is 0 Å². The number of hydrogen-bond donors (Lipinski definition) is 0. The van der Waals surface area contributed by atoms with Crippen LogP contribution in [0, 0.1) is 10.1 Å². The highest BCUT2D eigenvalue weighted by Gasteiger charge is 2.37. The number of carbonyl (C=O) groups is 2. The van der Waals surface area contributed by atoms with Crippen LogP contribution in [0.1, 0.15) is 19.3 Å². The van der Waals surface area contributed by atoms with Gasteiger partial charge in [-0.25, -0.2) is 4.99 Å². The van der Waals surface area contributed by atoms with Crippen molar-refractivity contribution in [3.05, 3.63) is 73.1 Å². The predicted octanol–water partition coefficient (Wildman–Crippen LogP) is 4.32. The number of benzene rings is 1. The van der Waals surface area contributed by atoms with E-state index in [0.29, 0.717) is 9.75 Å². The van der Waals surface area contributed by atoms with E-state index in [-0.39, 0.29) is 22.8 Å². The normalized spacial score (nSPS) is 15.4. The fourth-order valence-corrected chi connectivity index (χ4v) is 3.96. The summed E-state index contributed by atoms with van der Waals surface area (Å²) in [6.07, 6.45) is -1.26. The van der Waals surface area contributed by atoms with E-state index in [1.807, 2.05) is 0 Å². The van der Waals surface area contributed by atoms with E-state index in [1.165, 1.54) is 40.9 Å². The minimum atomic E-state index is -1.26. The summed E-state index contributed by atoms with van der Waals surface area (Å²) in [5, 5.41) is 14.5. The maximum atomic E-state index is 12.9. The van der Waals surface area contributed by atoms with Crippen molar-refractivity contribution in [3.8, 4) is 5.75 Å². The van der Waals surface area contributed by atoms with Crippen molar-refractivity contribution >= 4 is 51.3 Å². The third-order valence-electron chi connectivity index (χ3n) is 3.87. The number of ether oxygens (including phenoxy) is 1. The number of aliphatic imine (C=N–C) groups is 1. The number of Topliss-reactive ketones (excluding diaryl/α,β-unsaturated/α-hetero) is 2. The van der Waals surface area contributed by atoms with Crippen molar-refractivity contribution in [1.29, 1.82) is 0 Å². The van der Waals surface area contributed by atoms with E-state index in [0.717, 1.165) is 0 Å². The number of nitro groups is 1. The Morgan fingerprint density at radius 2 is 1.78 bits per heavy atom. The second kappa shape index (κ2) is 6.86. The van der Waals surface area contributed by atoms with E-state index in [9.17, 15) is 19.7 Å². The van der Waals surface area contributed by atoms with Crippen LogP contribution in [-0.2, 0) is 0 Å². The summed E-state index contributed by atoms with van der Waals surface area (Å²) in [5.74, 6) is -0.712. The molecule has 0 spiro atoms. The van der Waals surface area contributed by atoms with Crippen LogP contribution in [0.25, 0.3) is 0 Å². The second-order valence-electron chi connectivity index (χ2n) is 5.55. The van der Waals surface area contributed by atoms with E-state index >= 15 is 0 Å². The van der Waals surface area contributed by atoms with Crippen molar-refractivity contribution in [2.75, 3.05) is 0 Å². The molecule has 9 heteroatoms. The Morgan fingerprint density at radius 3 is 2.41 bits per heavy atom. The minimum absolute atomic E-state index is 0.0304. The maximum absolute atomic E-state index is 12.9. The fourth-order valence-electron chi connectivity index (χ4n) is 2.60. The van der Waals surface area contributed by atoms with Gasteiger partial charge in [-0.05, 0) is 29.0 Å². The molecule has 1 aliphatic heterocycles. The average Bonchev–Trinajstić information content (AvgIpc) is 3.39. The summed E-state index contributed by atoms with van der Waals surface area (Å²) in [5.41, 5.74) is 0.0623. The van der Waals surface area contributed by atoms with Gasteiger partial charge in [0.05, 0.1) is 20.7 Å². The van der Waals surface area contributed by atoms with E-state index in [1.54, 1.807) is 35.0 Å². The second-order valence-corrected chi connectivity index (χ2v) is 7.45. The highest BCUT2D eigenvalue weighted by Crippen LogP contribution is 2.37. The average molecular weight is 398 g/mol. The maximum Gasteiger partial charge on any atom is 0.273 e. The third kappa shape index (κ3) is 3.18. The highest BCUT2D eigenvalue weighted by atomic mass is 32.1. The number of fused-ring (bicyclic) bond motifs is 1. The molecule has 0 saturated carbocycles. The molecule has 0 bridgehead atoms. The topological polar surface area (TPSA) is 98.9 Å². The van der Waals surface area contributed by atoms with E-state index < -0.39 is 22.6 Å². The SMILES string of the molecule is O=C(C1=Nc2ccc([N+](=O)[O-])cc2OC1C(=O)c1cccs1)c1cccs1. The van der Waals surface area contributed by atoms with Gasteiger partial charge in [0.15, 0.2) is 5.75 Å². The molecule has 2 aromatic heterocycles. The van der Waals surface area contributed by atoms with Crippen molar-refractivity contribution in [1.82, 2.24) is 0 Å². The quantitative estimate of drug-likeness (QED) is 0.362. The Labute approximate surface area is 160 Å². The van der Waals surface area contributed by atoms with Gasteiger partial charge in [0.2, 0.25) is 17.7 Å². The summed E-state index contributed by atoms with van der Waals surface area (Å²) in [7, 11) is 0. The van der Waals surface area contributed by atoms with Crippen LogP contribution in [-0.4, -0.2) is 28.3 Å². The molecule has 4 rings (SSSR count). The first-order chi connectivity index (χ1) is 13.0. The van der Waals surface area contributed by atoms with Gasteiger partial charge in [0.25, 0.3) is 5.69 Å². The van der Waals surface area contributed by atoms with Gasteiger partial charge in [0, 0.05) is 6.07 Å². The molecule has 0 fully saturated rings. The van der Waals surface area contributed by atoms with Gasteiger partial charge in [0.1, 0.15) is 11.4 Å². The lowest BCUT2D eigenvalue weighted by Crippen LogP contribution is -2.41. The molecule has 0 N–H and O–H groups in total. The molecule has 1 aromatic carbocycles. The van der Waals surface area contributed by atoms with Crippen LogP contribution < -0.4 is 4.74 Å². The Kier molecular flexibility index (Phi) is 4.38. The molecule has 1 atom stereocenters. The molecule has 1 unspecified atom stereocenters. The first kappa shape index (κ1) is 17.3. The zero-order chi connectivity index (χ0) is 19.0. The molecule has 0 saturated heterocycles. The van der Waals surface area contributed by atoms with E-state index in [2.05, 4.69) is 4.99 Å². The molecule has 134 valence electrons. The zero-order valence-electron chi connectivity index (χ0n) is 13.5. The van der Waals surface area contributed by atoms with Crippen LogP contribution in [0.2, 0.25) is 0 Å². The molecular formula is C18H10N2O5S2. The van der Waals surface area contributed by atoms with Crippen LogP contribution in [0.3, 0.4) is 0 Å². The molecular weight excluding hydrogens is 388 g/mol. The molecule has 7 nitrogen and oxygen atoms in total. The monoisotopic (exact) mass is 398 g/mol. The molecule has 0 aliphatic carbocycles. The van der Waals surface area contributed by atoms with Crippen LogP contribution >= 0.6 is 22.7 Å². The van der Waals surface area contributed by atoms with Crippen molar-refractivity contribution in [3.63, 3.8) is 0 Å². The highest BCUT2D eigenvalue weighted by molar-refractivity contribution is 7.13. The van der Waals surface area contributed by atoms with Crippen LogP contribution in [0.4, 0.5) is 11.4 Å². The van der Waals surface area contributed by atoms with Gasteiger partial charge >= 0.3 is 0 Å². The molecule has 27 heavy (non-hydrogen) atoms. The summed E-state index contributed by atoms with van der Waals surface area (Å²) in [6.45, 7) is 0. The molecule has 3 aromatic rings. The number of nitro benzene ring substituents is 1. The minimum Gasteiger partial charge on any atom is -0.473 e. The number of hydrogen-bond acceptors (Lipinski definition) is 8.